The molecule has 0 unspecified atom stereocenters. The van der Waals surface area contributed by atoms with Gasteiger partial charge in [0.15, 0.2) is 0 Å². The minimum Gasteiger partial charge on any atom is -0.854 e. The average Bonchev–Trinajstić information content (AvgIpc) is 2.25. The molecule has 1 aromatic rings. The highest BCUT2D eigenvalue weighted by Crippen LogP contribution is 2.23. The molecule has 0 aromatic heterocycles. The summed E-state index contributed by atoms with van der Waals surface area (Å²) < 4.78 is 5.08. The van der Waals surface area contributed by atoms with Gasteiger partial charge < -0.3 is 9.84 Å². The summed E-state index contributed by atoms with van der Waals surface area (Å²) in [5.41, 5.74) is -0.0875. The second-order valence-corrected chi connectivity index (χ2v) is 4.49. The predicted molar refractivity (Wildman–Crippen MR) is 64.2 cm³/mol. The number of ether oxygens (including phenoxy) is 1. The van der Waals surface area contributed by atoms with Crippen LogP contribution in [0.3, 0.4) is 0 Å². The normalized spacial score (nSPS) is 12.3. The molecule has 0 N–H and O–H groups in total. The molecule has 0 aliphatic carbocycles. The van der Waals surface area contributed by atoms with Gasteiger partial charge in [-0.25, -0.2) is 4.59 Å². The fourth-order valence-corrected chi connectivity index (χ4v) is 1.30. The third-order valence-electron chi connectivity index (χ3n) is 2.02. The van der Waals surface area contributed by atoms with E-state index in [4.69, 9.17) is 4.74 Å². The summed E-state index contributed by atoms with van der Waals surface area (Å²) in [6, 6.07) is 3.83. The van der Waals surface area contributed by atoms with Crippen LogP contribution in [0.4, 0.5) is 5.69 Å². The van der Waals surface area contributed by atoms with Crippen molar-refractivity contribution in [1.29, 1.82) is 0 Å². The average molecular weight is 253 g/mol. The fraction of sp³-hybridized carbons (Fsp3) is 0.364. The Morgan fingerprint density at radius 1 is 1.39 bits per heavy atom. The maximum Gasteiger partial charge on any atom is 0.270 e. The van der Waals surface area contributed by atoms with Crippen LogP contribution < -0.4 is 9.84 Å². The lowest BCUT2D eigenvalue weighted by Gasteiger charge is -2.21. The SMILES string of the molecule is COc1ccc([N+](=O)[O-])cc1/C([O-])=N/[N+](C)(C)C. The van der Waals surface area contributed by atoms with Gasteiger partial charge in [0.1, 0.15) is 5.75 Å². The quantitative estimate of drug-likeness (QED) is 0.254. The highest BCUT2D eigenvalue weighted by molar-refractivity contribution is 5.93. The summed E-state index contributed by atoms with van der Waals surface area (Å²) in [5.74, 6) is -0.286. The fourth-order valence-electron chi connectivity index (χ4n) is 1.30. The number of quaternary nitrogens is 1. The number of benzene rings is 1. The monoisotopic (exact) mass is 253 g/mol. The molecule has 0 heterocycles. The molecule has 0 saturated carbocycles. The smallest absolute Gasteiger partial charge is 0.270 e. The first-order valence-corrected chi connectivity index (χ1v) is 5.16. The Kier molecular flexibility index (Phi) is 3.87. The van der Waals surface area contributed by atoms with Crippen LogP contribution in [-0.2, 0) is 0 Å². The van der Waals surface area contributed by atoms with E-state index in [0.717, 1.165) is 0 Å². The second kappa shape index (κ2) is 5.01. The highest BCUT2D eigenvalue weighted by Gasteiger charge is 2.13. The number of hydrogen-bond acceptors (Lipinski definition) is 5. The van der Waals surface area contributed by atoms with Crippen molar-refractivity contribution in [3.8, 4) is 5.75 Å². The Morgan fingerprint density at radius 2 is 2.00 bits per heavy atom. The van der Waals surface area contributed by atoms with Crippen LogP contribution >= 0.6 is 0 Å². The molecule has 0 saturated heterocycles. The lowest BCUT2D eigenvalue weighted by molar-refractivity contribution is -0.878. The Morgan fingerprint density at radius 3 is 2.44 bits per heavy atom. The van der Waals surface area contributed by atoms with Gasteiger partial charge in [-0.05, 0) is 6.07 Å². The van der Waals surface area contributed by atoms with Gasteiger partial charge in [-0.3, -0.25) is 10.1 Å². The van der Waals surface area contributed by atoms with Crippen LogP contribution in [0.2, 0.25) is 0 Å². The van der Waals surface area contributed by atoms with Gasteiger partial charge in [0, 0.05) is 17.7 Å². The molecule has 1 rings (SSSR count). The predicted octanol–water partition coefficient (Wildman–Crippen LogP) is 0.331. The van der Waals surface area contributed by atoms with Crippen LogP contribution in [-0.4, -0.2) is 43.7 Å². The van der Waals surface area contributed by atoms with E-state index in [1.54, 1.807) is 21.1 Å². The molecule has 0 spiro atoms. The first kappa shape index (κ1) is 13.9. The maximum absolute atomic E-state index is 11.9. The molecule has 1 aromatic carbocycles. The number of methoxy groups -OCH3 is 1. The van der Waals surface area contributed by atoms with Crippen molar-refractivity contribution in [1.82, 2.24) is 0 Å². The van der Waals surface area contributed by atoms with Gasteiger partial charge in [0.05, 0.1) is 39.1 Å². The van der Waals surface area contributed by atoms with Gasteiger partial charge >= 0.3 is 0 Å². The van der Waals surface area contributed by atoms with Crippen molar-refractivity contribution in [2.75, 3.05) is 28.3 Å². The van der Waals surface area contributed by atoms with Crippen LogP contribution in [0.25, 0.3) is 0 Å². The van der Waals surface area contributed by atoms with Gasteiger partial charge in [-0.15, -0.1) is 0 Å². The standard InChI is InChI=1S/C11H15N3O4/c1-14(2,3)12-11(15)9-7-8(13(16)17)5-6-10(9)18-4/h5-7H,1-4H3. The van der Waals surface area contributed by atoms with Crippen LogP contribution in [0.5, 0.6) is 5.75 Å². The molecule has 18 heavy (non-hydrogen) atoms. The van der Waals surface area contributed by atoms with E-state index in [9.17, 15) is 15.2 Å². The molecule has 98 valence electrons. The molecule has 0 aliphatic heterocycles. The van der Waals surface area contributed by atoms with E-state index in [-0.39, 0.29) is 21.6 Å². The topological polar surface area (TPSA) is 87.8 Å². The summed E-state index contributed by atoms with van der Waals surface area (Å²) in [5, 5.41) is 26.5. The minimum atomic E-state index is -0.567. The molecular weight excluding hydrogens is 238 g/mol. The lowest BCUT2D eigenvalue weighted by Crippen LogP contribution is -2.33. The molecule has 0 fully saturated rings. The summed E-state index contributed by atoms with van der Waals surface area (Å²) in [6.07, 6.45) is 0. The zero-order valence-electron chi connectivity index (χ0n) is 10.7. The third kappa shape index (κ3) is 3.42. The van der Waals surface area contributed by atoms with Crippen molar-refractivity contribution in [3.63, 3.8) is 0 Å². The molecule has 7 heteroatoms. The number of rotatable bonds is 4. The molecule has 0 aliphatic rings. The van der Waals surface area contributed by atoms with Crippen molar-refractivity contribution in [2.24, 2.45) is 5.10 Å². The van der Waals surface area contributed by atoms with Gasteiger partial charge in [-0.2, -0.15) is 0 Å². The zero-order valence-corrected chi connectivity index (χ0v) is 10.7. The van der Waals surface area contributed by atoms with Gasteiger partial charge in [0.2, 0.25) is 0 Å². The zero-order chi connectivity index (χ0) is 13.9. The van der Waals surface area contributed by atoms with E-state index in [0.29, 0.717) is 0 Å². The number of nitro groups is 1. The van der Waals surface area contributed by atoms with Crippen molar-refractivity contribution >= 4 is 11.6 Å². The summed E-state index contributed by atoms with van der Waals surface area (Å²) >= 11 is 0. The Hall–Kier alpha value is -2.15. The molecule has 0 bridgehead atoms. The van der Waals surface area contributed by atoms with Gasteiger partial charge in [0.25, 0.3) is 5.69 Å². The van der Waals surface area contributed by atoms with E-state index in [1.807, 2.05) is 0 Å². The molecule has 0 atom stereocenters. The summed E-state index contributed by atoms with van der Waals surface area (Å²) in [6.45, 7) is 0. The van der Waals surface area contributed by atoms with E-state index in [1.165, 1.54) is 25.3 Å². The first-order chi connectivity index (χ1) is 8.24. The Balaban J connectivity index is 3.32. The molecular formula is C11H15N3O4. The van der Waals surface area contributed by atoms with Crippen LogP contribution in [0.1, 0.15) is 5.56 Å². The van der Waals surface area contributed by atoms with E-state index in [2.05, 4.69) is 5.10 Å². The number of non-ortho nitro benzene ring substituents is 1. The molecule has 7 nitrogen and oxygen atoms in total. The Labute approximate surface area is 105 Å². The van der Waals surface area contributed by atoms with E-state index >= 15 is 0 Å². The van der Waals surface area contributed by atoms with Crippen LogP contribution in [0, 0.1) is 10.1 Å². The number of nitrogens with zero attached hydrogens (tertiary/aromatic N) is 3. The maximum atomic E-state index is 11.9. The molecule has 0 amide bonds. The lowest BCUT2D eigenvalue weighted by atomic mass is 10.2. The minimum absolute atomic E-state index is 0.0741. The highest BCUT2D eigenvalue weighted by atomic mass is 16.6. The Bertz CT molecular complexity index is 492. The van der Waals surface area contributed by atoms with Crippen molar-refractivity contribution in [2.45, 2.75) is 0 Å². The first-order valence-electron chi connectivity index (χ1n) is 5.16. The van der Waals surface area contributed by atoms with Crippen LogP contribution in [0.15, 0.2) is 23.3 Å². The van der Waals surface area contributed by atoms with Gasteiger partial charge in [-0.1, -0.05) is 5.10 Å². The molecule has 0 radical (unpaired) electrons. The van der Waals surface area contributed by atoms with Crippen molar-refractivity contribution < 1.29 is 19.4 Å². The van der Waals surface area contributed by atoms with Crippen molar-refractivity contribution in [3.05, 3.63) is 33.9 Å². The number of hydrogen-bond donors (Lipinski definition) is 0. The second-order valence-electron chi connectivity index (χ2n) is 4.49. The number of nitro benzene ring substituents is 1. The summed E-state index contributed by atoms with van der Waals surface area (Å²) in [7, 11) is 6.52. The van der Waals surface area contributed by atoms with E-state index < -0.39 is 10.8 Å². The third-order valence-corrected chi connectivity index (χ3v) is 2.02. The summed E-state index contributed by atoms with van der Waals surface area (Å²) in [4.78, 5) is 10.1. The largest absolute Gasteiger partial charge is 0.854 e.